The van der Waals surface area contributed by atoms with Crippen molar-refractivity contribution in [3.63, 3.8) is 0 Å². The van der Waals surface area contributed by atoms with Crippen LogP contribution in [-0.2, 0) is 42.7 Å². The van der Waals surface area contributed by atoms with Crippen LogP contribution in [0.4, 0.5) is 0 Å². The van der Waals surface area contributed by atoms with E-state index in [9.17, 15) is 9.90 Å². The number of aliphatic carboxylic acids is 1. The van der Waals surface area contributed by atoms with Crippen molar-refractivity contribution in [1.29, 1.82) is 0 Å². The highest BCUT2D eigenvalue weighted by Crippen LogP contribution is 2.12. The molecule has 1 unspecified atom stereocenters. The fraction of sp³-hybridized carbons (Fsp3) is 0.690. The zero-order valence-corrected chi connectivity index (χ0v) is 24.3. The van der Waals surface area contributed by atoms with Gasteiger partial charge in [0.05, 0.1) is 104 Å². The predicted octanol–water partition coefficient (Wildman–Crippen LogP) is 3.01. The zero-order valence-electron chi connectivity index (χ0n) is 24.3. The lowest BCUT2D eigenvalue weighted by Crippen LogP contribution is -2.29. The smallest absolute Gasteiger partial charge is 0.333 e. The van der Waals surface area contributed by atoms with Crippen LogP contribution in [0.15, 0.2) is 42.5 Å². The van der Waals surface area contributed by atoms with Crippen LogP contribution >= 0.6 is 0 Å². The van der Waals surface area contributed by atoms with E-state index in [2.05, 4.69) is 6.58 Å². The fourth-order valence-corrected chi connectivity index (χ4v) is 2.93. The van der Waals surface area contributed by atoms with Crippen LogP contribution in [0.3, 0.4) is 0 Å². The summed E-state index contributed by atoms with van der Waals surface area (Å²) in [6, 6.07) is 9.10. The van der Waals surface area contributed by atoms with Crippen molar-refractivity contribution < 1.29 is 52.5 Å². The SMILES string of the molecule is C=C(C(=O)O)C(COc1ccccc1)OCCOCCOCCOCCOCCOCCOCCOC(C)(C)C. The van der Waals surface area contributed by atoms with E-state index in [-0.39, 0.29) is 31.0 Å². The van der Waals surface area contributed by atoms with Crippen molar-refractivity contribution >= 4 is 5.97 Å². The van der Waals surface area contributed by atoms with Gasteiger partial charge in [-0.25, -0.2) is 4.79 Å². The molecular weight excluding hydrogens is 524 g/mol. The van der Waals surface area contributed by atoms with Crippen molar-refractivity contribution in [2.45, 2.75) is 32.5 Å². The van der Waals surface area contributed by atoms with Crippen LogP contribution in [-0.4, -0.2) is 122 Å². The molecule has 11 nitrogen and oxygen atoms in total. The van der Waals surface area contributed by atoms with Crippen LogP contribution in [0.25, 0.3) is 0 Å². The van der Waals surface area contributed by atoms with Gasteiger partial charge in [0.25, 0.3) is 0 Å². The normalized spacial score (nSPS) is 12.4. The summed E-state index contributed by atoms with van der Waals surface area (Å²) in [5.74, 6) is -0.505. The standard InChI is InChI=1S/C29H48O11/c1-25(28(30)31)27(24-39-26-8-6-5-7-9-26)38-22-20-36-18-16-34-14-12-32-10-11-33-13-15-35-17-19-37-21-23-40-29(2,3)4/h5-9,27H,1,10-24H2,2-4H3,(H,30,31). The number of ether oxygens (including phenoxy) is 9. The fourth-order valence-electron chi connectivity index (χ4n) is 2.93. The summed E-state index contributed by atoms with van der Waals surface area (Å²) in [6.07, 6.45) is -0.782. The minimum Gasteiger partial charge on any atom is -0.491 e. The maximum Gasteiger partial charge on any atom is 0.333 e. The van der Waals surface area contributed by atoms with Gasteiger partial charge in [0.1, 0.15) is 18.5 Å². The molecule has 0 saturated heterocycles. The number of carboxylic acid groups (broad SMARTS) is 1. The van der Waals surface area contributed by atoms with Gasteiger partial charge in [-0.05, 0) is 32.9 Å². The molecule has 0 radical (unpaired) electrons. The maximum absolute atomic E-state index is 11.3. The van der Waals surface area contributed by atoms with Crippen LogP contribution in [0.5, 0.6) is 5.75 Å². The Labute approximate surface area is 238 Å². The third kappa shape index (κ3) is 21.7. The highest BCUT2D eigenvalue weighted by Gasteiger charge is 2.20. The van der Waals surface area contributed by atoms with E-state index in [0.29, 0.717) is 85.0 Å². The Morgan fingerprint density at radius 2 is 1.10 bits per heavy atom. The summed E-state index contributed by atoms with van der Waals surface area (Å²) in [6.45, 7) is 16.0. The molecule has 0 saturated carbocycles. The first-order valence-corrected chi connectivity index (χ1v) is 13.6. The van der Waals surface area contributed by atoms with E-state index in [1.807, 2.05) is 39.0 Å². The predicted molar refractivity (Wildman–Crippen MR) is 149 cm³/mol. The molecule has 1 aromatic carbocycles. The first-order valence-electron chi connectivity index (χ1n) is 13.6. The average molecular weight is 573 g/mol. The van der Waals surface area contributed by atoms with Crippen LogP contribution in [0.2, 0.25) is 0 Å². The van der Waals surface area contributed by atoms with Gasteiger partial charge >= 0.3 is 5.97 Å². The molecule has 0 aromatic heterocycles. The molecule has 0 bridgehead atoms. The lowest BCUT2D eigenvalue weighted by Gasteiger charge is -2.19. The number of hydrogen-bond donors (Lipinski definition) is 1. The molecule has 0 amide bonds. The minimum absolute atomic E-state index is 0.0428. The number of carbonyl (C=O) groups is 1. The van der Waals surface area contributed by atoms with Gasteiger partial charge < -0.3 is 47.7 Å². The topological polar surface area (TPSA) is 120 Å². The lowest BCUT2D eigenvalue weighted by atomic mass is 10.2. The van der Waals surface area contributed by atoms with Crippen molar-refractivity contribution in [1.82, 2.24) is 0 Å². The van der Waals surface area contributed by atoms with Gasteiger partial charge in [0.2, 0.25) is 0 Å². The van der Waals surface area contributed by atoms with Crippen LogP contribution < -0.4 is 4.74 Å². The van der Waals surface area contributed by atoms with Gasteiger partial charge in [0.15, 0.2) is 0 Å². The number of hydrogen-bond acceptors (Lipinski definition) is 10. The summed E-state index contributed by atoms with van der Waals surface area (Å²) in [7, 11) is 0. The van der Waals surface area contributed by atoms with Gasteiger partial charge in [0, 0.05) is 0 Å². The summed E-state index contributed by atoms with van der Waals surface area (Å²) in [5.41, 5.74) is -0.216. The molecule has 40 heavy (non-hydrogen) atoms. The third-order valence-corrected chi connectivity index (χ3v) is 4.98. The summed E-state index contributed by atoms with van der Waals surface area (Å²) >= 11 is 0. The van der Waals surface area contributed by atoms with E-state index in [4.69, 9.17) is 42.6 Å². The van der Waals surface area contributed by atoms with Crippen molar-refractivity contribution in [2.75, 3.05) is 99.1 Å². The van der Waals surface area contributed by atoms with Gasteiger partial charge in [-0.3, -0.25) is 0 Å². The molecule has 11 heteroatoms. The third-order valence-electron chi connectivity index (χ3n) is 4.98. The molecule has 1 aromatic rings. The Kier molecular flexibility index (Phi) is 21.2. The quantitative estimate of drug-likeness (QED) is 0.124. The molecule has 0 aliphatic rings. The van der Waals surface area contributed by atoms with Gasteiger partial charge in [-0.15, -0.1) is 0 Å². The summed E-state index contributed by atoms with van der Waals surface area (Å²) in [4.78, 5) is 11.3. The van der Waals surface area contributed by atoms with Crippen molar-refractivity contribution in [3.8, 4) is 5.75 Å². The Bertz CT molecular complexity index is 752. The van der Waals surface area contributed by atoms with E-state index in [1.165, 1.54) is 0 Å². The molecule has 0 spiro atoms. The van der Waals surface area contributed by atoms with E-state index in [1.54, 1.807) is 12.1 Å². The van der Waals surface area contributed by atoms with Crippen molar-refractivity contribution in [2.24, 2.45) is 0 Å². The number of carboxylic acids is 1. The van der Waals surface area contributed by atoms with Gasteiger partial charge in [-0.1, -0.05) is 24.8 Å². The Balaban J connectivity index is 1.86. The second kappa shape index (κ2) is 23.6. The number of para-hydroxylation sites is 1. The number of rotatable bonds is 27. The molecule has 0 aliphatic carbocycles. The molecule has 1 N–H and O–H groups in total. The highest BCUT2D eigenvalue weighted by atomic mass is 16.6. The minimum atomic E-state index is -1.13. The molecule has 0 aliphatic heterocycles. The monoisotopic (exact) mass is 572 g/mol. The zero-order chi connectivity index (χ0) is 29.3. The molecule has 230 valence electrons. The second-order valence-corrected chi connectivity index (χ2v) is 9.45. The largest absolute Gasteiger partial charge is 0.491 e. The van der Waals surface area contributed by atoms with E-state index < -0.39 is 12.1 Å². The Morgan fingerprint density at radius 1 is 0.700 bits per heavy atom. The summed E-state index contributed by atoms with van der Waals surface area (Å²) in [5, 5.41) is 9.23. The first kappa shape index (κ1) is 35.9. The Hall–Kier alpha value is -2.09. The summed E-state index contributed by atoms with van der Waals surface area (Å²) < 4.78 is 49.5. The van der Waals surface area contributed by atoms with Crippen LogP contribution in [0.1, 0.15) is 20.8 Å². The molecule has 0 heterocycles. The molecule has 0 fully saturated rings. The Morgan fingerprint density at radius 3 is 1.50 bits per heavy atom. The van der Waals surface area contributed by atoms with E-state index in [0.717, 1.165) is 0 Å². The molecule has 1 rings (SSSR count). The lowest BCUT2D eigenvalue weighted by molar-refractivity contribution is -0.134. The van der Waals surface area contributed by atoms with Crippen molar-refractivity contribution in [3.05, 3.63) is 42.5 Å². The molecule has 1 atom stereocenters. The highest BCUT2D eigenvalue weighted by molar-refractivity contribution is 5.87. The molecular formula is C29H48O11. The van der Waals surface area contributed by atoms with E-state index >= 15 is 0 Å². The van der Waals surface area contributed by atoms with Crippen LogP contribution in [0, 0.1) is 0 Å². The average Bonchev–Trinajstić information content (AvgIpc) is 2.92. The maximum atomic E-state index is 11.3. The second-order valence-electron chi connectivity index (χ2n) is 9.45. The first-order chi connectivity index (χ1) is 19.3. The number of benzene rings is 1. The van der Waals surface area contributed by atoms with Gasteiger partial charge in [-0.2, -0.15) is 0 Å².